The van der Waals surface area contributed by atoms with Gasteiger partial charge in [-0.25, -0.2) is 4.68 Å². The molecule has 0 bridgehead atoms. The second kappa shape index (κ2) is 7.36. The average Bonchev–Trinajstić information content (AvgIpc) is 3.42. The Morgan fingerprint density at radius 1 is 1.15 bits per heavy atom. The van der Waals surface area contributed by atoms with Gasteiger partial charge in [0.25, 0.3) is 0 Å². The molecule has 140 valence electrons. The standard InChI is InChI=1S/C20H24N6O/c1-16(17-5-2-6-18(15-17)25-13-3-9-22-25)24-19(27)20(7-11-21-12-8-20)26-14-4-10-23-26/h2-6,9-10,13-16,21H,7-8,11-12H2,1H3,(H,24,27). The van der Waals surface area contributed by atoms with E-state index in [1.165, 1.54) is 0 Å². The molecule has 0 radical (unpaired) electrons. The van der Waals surface area contributed by atoms with Crippen LogP contribution >= 0.6 is 0 Å². The van der Waals surface area contributed by atoms with Crippen molar-refractivity contribution in [3.05, 3.63) is 66.7 Å². The van der Waals surface area contributed by atoms with E-state index in [1.807, 2.05) is 59.0 Å². The average molecular weight is 364 g/mol. The molecule has 1 aliphatic heterocycles. The van der Waals surface area contributed by atoms with Crippen LogP contribution in [0.15, 0.2) is 61.2 Å². The summed E-state index contributed by atoms with van der Waals surface area (Å²) in [7, 11) is 0. The predicted octanol–water partition coefficient (Wildman–Crippen LogP) is 2.02. The minimum absolute atomic E-state index is 0.0182. The van der Waals surface area contributed by atoms with Crippen molar-refractivity contribution in [1.82, 2.24) is 30.2 Å². The van der Waals surface area contributed by atoms with Crippen LogP contribution in [-0.4, -0.2) is 38.6 Å². The van der Waals surface area contributed by atoms with Crippen molar-refractivity contribution in [2.45, 2.75) is 31.3 Å². The molecule has 27 heavy (non-hydrogen) atoms. The van der Waals surface area contributed by atoms with E-state index in [9.17, 15) is 4.79 Å². The molecule has 0 spiro atoms. The van der Waals surface area contributed by atoms with Crippen molar-refractivity contribution in [2.75, 3.05) is 13.1 Å². The maximum Gasteiger partial charge on any atom is 0.248 e. The number of piperidine rings is 1. The molecular formula is C20H24N6O. The van der Waals surface area contributed by atoms with Gasteiger partial charge in [-0.2, -0.15) is 10.2 Å². The van der Waals surface area contributed by atoms with Crippen LogP contribution in [0.4, 0.5) is 0 Å². The summed E-state index contributed by atoms with van der Waals surface area (Å²) >= 11 is 0. The van der Waals surface area contributed by atoms with Crippen molar-refractivity contribution in [3.8, 4) is 5.69 Å². The Kier molecular flexibility index (Phi) is 4.77. The van der Waals surface area contributed by atoms with Crippen LogP contribution in [0, 0.1) is 0 Å². The fraction of sp³-hybridized carbons (Fsp3) is 0.350. The quantitative estimate of drug-likeness (QED) is 0.726. The van der Waals surface area contributed by atoms with E-state index in [2.05, 4.69) is 26.9 Å². The molecule has 1 unspecified atom stereocenters. The van der Waals surface area contributed by atoms with E-state index >= 15 is 0 Å². The van der Waals surface area contributed by atoms with Crippen molar-refractivity contribution in [2.24, 2.45) is 0 Å². The number of nitrogens with one attached hydrogen (secondary N) is 2. The number of hydrogen-bond acceptors (Lipinski definition) is 4. The van der Waals surface area contributed by atoms with Crippen molar-refractivity contribution >= 4 is 5.91 Å². The fourth-order valence-electron chi connectivity index (χ4n) is 3.70. The molecule has 7 nitrogen and oxygen atoms in total. The highest BCUT2D eigenvalue weighted by Gasteiger charge is 2.42. The van der Waals surface area contributed by atoms with Crippen LogP contribution in [0.1, 0.15) is 31.4 Å². The number of nitrogens with zero attached hydrogens (tertiary/aromatic N) is 4. The van der Waals surface area contributed by atoms with Crippen LogP contribution in [0.2, 0.25) is 0 Å². The largest absolute Gasteiger partial charge is 0.347 e. The second-order valence-electron chi connectivity index (χ2n) is 6.97. The van der Waals surface area contributed by atoms with Gasteiger partial charge in [-0.1, -0.05) is 12.1 Å². The monoisotopic (exact) mass is 364 g/mol. The Labute approximate surface area is 158 Å². The van der Waals surface area contributed by atoms with Crippen LogP contribution in [0.3, 0.4) is 0 Å². The number of carbonyl (C=O) groups excluding carboxylic acids is 1. The zero-order chi connectivity index (χ0) is 18.7. The first-order valence-corrected chi connectivity index (χ1v) is 9.31. The van der Waals surface area contributed by atoms with Gasteiger partial charge in [0.05, 0.1) is 11.7 Å². The van der Waals surface area contributed by atoms with Crippen molar-refractivity contribution < 1.29 is 4.79 Å². The smallest absolute Gasteiger partial charge is 0.248 e. The van der Waals surface area contributed by atoms with Gasteiger partial charge in [-0.3, -0.25) is 9.48 Å². The second-order valence-corrected chi connectivity index (χ2v) is 6.97. The van der Waals surface area contributed by atoms with Crippen molar-refractivity contribution in [1.29, 1.82) is 0 Å². The van der Waals surface area contributed by atoms with Crippen LogP contribution < -0.4 is 10.6 Å². The van der Waals surface area contributed by atoms with Gasteiger partial charge in [0.15, 0.2) is 0 Å². The third-order valence-electron chi connectivity index (χ3n) is 5.28. The summed E-state index contributed by atoms with van der Waals surface area (Å²) in [6.07, 6.45) is 8.72. The zero-order valence-corrected chi connectivity index (χ0v) is 15.4. The number of hydrogen-bond donors (Lipinski definition) is 2. The molecule has 2 N–H and O–H groups in total. The van der Waals surface area contributed by atoms with Gasteiger partial charge in [-0.05, 0) is 62.7 Å². The highest BCUT2D eigenvalue weighted by atomic mass is 16.2. The van der Waals surface area contributed by atoms with Gasteiger partial charge in [0.1, 0.15) is 5.54 Å². The number of benzene rings is 1. The summed E-state index contributed by atoms with van der Waals surface area (Å²) < 4.78 is 3.63. The topological polar surface area (TPSA) is 76.8 Å². The molecule has 7 heteroatoms. The molecule has 1 amide bonds. The first-order valence-electron chi connectivity index (χ1n) is 9.31. The Balaban J connectivity index is 1.56. The molecule has 4 rings (SSSR count). The summed E-state index contributed by atoms with van der Waals surface area (Å²) in [5.74, 6) is 0.0182. The van der Waals surface area contributed by atoms with E-state index < -0.39 is 5.54 Å². The summed E-state index contributed by atoms with van der Waals surface area (Å²) in [4.78, 5) is 13.3. The lowest BCUT2D eigenvalue weighted by Crippen LogP contribution is -2.55. The van der Waals surface area contributed by atoms with Gasteiger partial charge >= 0.3 is 0 Å². The maximum absolute atomic E-state index is 13.3. The molecular weight excluding hydrogens is 340 g/mol. The molecule has 0 aliphatic carbocycles. The highest BCUT2D eigenvalue weighted by molar-refractivity contribution is 5.85. The Bertz CT molecular complexity index is 881. The number of aromatic nitrogens is 4. The van der Waals surface area contributed by atoms with Crippen LogP contribution in [0.5, 0.6) is 0 Å². The van der Waals surface area contributed by atoms with E-state index in [4.69, 9.17) is 0 Å². The molecule has 0 saturated carbocycles. The lowest BCUT2D eigenvalue weighted by atomic mass is 9.87. The number of amides is 1. The number of carbonyl (C=O) groups is 1. The van der Waals surface area contributed by atoms with Crippen LogP contribution in [-0.2, 0) is 10.3 Å². The minimum atomic E-state index is -0.636. The van der Waals surface area contributed by atoms with Gasteiger partial charge in [0.2, 0.25) is 5.91 Å². The molecule has 3 heterocycles. The fourth-order valence-corrected chi connectivity index (χ4v) is 3.70. The maximum atomic E-state index is 13.3. The van der Waals surface area contributed by atoms with E-state index in [0.29, 0.717) is 0 Å². The van der Waals surface area contributed by atoms with E-state index in [1.54, 1.807) is 12.4 Å². The van der Waals surface area contributed by atoms with E-state index in [0.717, 1.165) is 37.2 Å². The third kappa shape index (κ3) is 3.38. The van der Waals surface area contributed by atoms with Gasteiger partial charge in [-0.15, -0.1) is 0 Å². The Hall–Kier alpha value is -2.93. The Morgan fingerprint density at radius 3 is 2.63 bits per heavy atom. The normalized spacial score (nSPS) is 17.4. The SMILES string of the molecule is CC(NC(=O)C1(n2cccn2)CCNCC1)c1cccc(-n2cccn2)c1. The lowest BCUT2D eigenvalue weighted by molar-refractivity contribution is -0.132. The molecule has 1 aromatic carbocycles. The molecule has 1 atom stereocenters. The predicted molar refractivity (Wildman–Crippen MR) is 102 cm³/mol. The first kappa shape index (κ1) is 17.5. The summed E-state index contributed by atoms with van der Waals surface area (Å²) in [5, 5.41) is 15.2. The van der Waals surface area contributed by atoms with Crippen molar-refractivity contribution in [3.63, 3.8) is 0 Å². The highest BCUT2D eigenvalue weighted by Crippen LogP contribution is 2.28. The Morgan fingerprint density at radius 2 is 1.93 bits per heavy atom. The first-order chi connectivity index (χ1) is 13.2. The van der Waals surface area contributed by atoms with Crippen LogP contribution in [0.25, 0.3) is 5.69 Å². The lowest BCUT2D eigenvalue weighted by Gasteiger charge is -2.37. The molecule has 3 aromatic rings. The third-order valence-corrected chi connectivity index (χ3v) is 5.28. The molecule has 2 aromatic heterocycles. The summed E-state index contributed by atoms with van der Waals surface area (Å²) in [6, 6.07) is 11.7. The van der Waals surface area contributed by atoms with Gasteiger partial charge in [0, 0.05) is 24.8 Å². The van der Waals surface area contributed by atoms with Gasteiger partial charge < -0.3 is 10.6 Å². The molecule has 1 fully saturated rings. The minimum Gasteiger partial charge on any atom is -0.347 e. The summed E-state index contributed by atoms with van der Waals surface area (Å²) in [6.45, 7) is 3.62. The van der Waals surface area contributed by atoms with E-state index in [-0.39, 0.29) is 11.9 Å². The molecule has 1 aliphatic rings. The number of rotatable bonds is 5. The molecule has 1 saturated heterocycles. The summed E-state index contributed by atoms with van der Waals surface area (Å²) in [5.41, 5.74) is 1.38. The zero-order valence-electron chi connectivity index (χ0n) is 15.4.